The van der Waals surface area contributed by atoms with Gasteiger partial charge >= 0.3 is 5.69 Å². The standard InChI is InChI=1S/C15H26N4O3/c1-5-6-10-19-14(21)12(13(20)17-15(19)22)11(2)16-8-7-9-18(3)4/h21H,5-10H2,1-4H3,(H,17,20,22). The van der Waals surface area contributed by atoms with Gasteiger partial charge in [-0.3, -0.25) is 19.3 Å². The van der Waals surface area contributed by atoms with E-state index in [-0.39, 0.29) is 11.4 Å². The number of rotatable bonds is 8. The number of hydrogen-bond donors (Lipinski definition) is 2. The summed E-state index contributed by atoms with van der Waals surface area (Å²) >= 11 is 0. The van der Waals surface area contributed by atoms with E-state index in [0.717, 1.165) is 25.8 Å². The number of nitrogens with zero attached hydrogens (tertiary/aromatic N) is 3. The zero-order valence-corrected chi connectivity index (χ0v) is 13.8. The highest BCUT2D eigenvalue weighted by atomic mass is 16.3. The molecular formula is C15H26N4O3. The van der Waals surface area contributed by atoms with Gasteiger partial charge in [-0.05, 0) is 40.4 Å². The summed E-state index contributed by atoms with van der Waals surface area (Å²) < 4.78 is 1.19. The van der Waals surface area contributed by atoms with Crippen LogP contribution in [-0.4, -0.2) is 52.5 Å². The Hall–Kier alpha value is -1.89. The van der Waals surface area contributed by atoms with Crippen molar-refractivity contribution in [3.05, 3.63) is 26.4 Å². The molecule has 7 nitrogen and oxygen atoms in total. The molecule has 0 aromatic carbocycles. The van der Waals surface area contributed by atoms with Gasteiger partial charge in [0.2, 0.25) is 5.88 Å². The van der Waals surface area contributed by atoms with Crippen molar-refractivity contribution in [1.29, 1.82) is 0 Å². The van der Waals surface area contributed by atoms with Gasteiger partial charge in [0.1, 0.15) is 5.56 Å². The van der Waals surface area contributed by atoms with Crippen LogP contribution in [0.5, 0.6) is 5.88 Å². The van der Waals surface area contributed by atoms with Crippen LogP contribution in [0.25, 0.3) is 0 Å². The second kappa shape index (κ2) is 8.53. The first-order valence-electron chi connectivity index (χ1n) is 7.60. The van der Waals surface area contributed by atoms with Gasteiger partial charge in [0, 0.05) is 18.8 Å². The van der Waals surface area contributed by atoms with Crippen molar-refractivity contribution < 1.29 is 5.11 Å². The average molecular weight is 310 g/mol. The number of unbranched alkanes of at least 4 members (excludes halogenated alkanes) is 1. The number of aromatic nitrogens is 2. The predicted molar refractivity (Wildman–Crippen MR) is 88.1 cm³/mol. The summed E-state index contributed by atoms with van der Waals surface area (Å²) in [5.74, 6) is -0.295. The molecule has 0 aliphatic carbocycles. The highest BCUT2D eigenvalue weighted by Crippen LogP contribution is 2.12. The Morgan fingerprint density at radius 1 is 1.32 bits per heavy atom. The van der Waals surface area contributed by atoms with Gasteiger partial charge < -0.3 is 10.0 Å². The maximum absolute atomic E-state index is 12.0. The molecule has 0 amide bonds. The van der Waals surface area contributed by atoms with Crippen LogP contribution < -0.4 is 11.2 Å². The fraction of sp³-hybridized carbons (Fsp3) is 0.667. The first-order valence-corrected chi connectivity index (χ1v) is 7.60. The summed E-state index contributed by atoms with van der Waals surface area (Å²) in [6, 6.07) is 0. The molecule has 0 atom stereocenters. The van der Waals surface area contributed by atoms with E-state index in [2.05, 4.69) is 14.9 Å². The number of H-pyrrole nitrogens is 1. The maximum Gasteiger partial charge on any atom is 0.331 e. The van der Waals surface area contributed by atoms with Crippen molar-refractivity contribution >= 4 is 5.71 Å². The van der Waals surface area contributed by atoms with E-state index in [1.54, 1.807) is 6.92 Å². The van der Waals surface area contributed by atoms with E-state index in [1.807, 2.05) is 21.0 Å². The Morgan fingerprint density at radius 3 is 2.59 bits per heavy atom. The van der Waals surface area contributed by atoms with Gasteiger partial charge in [0.25, 0.3) is 5.56 Å². The third kappa shape index (κ3) is 4.84. The summed E-state index contributed by atoms with van der Waals surface area (Å²) in [7, 11) is 3.97. The molecule has 0 unspecified atom stereocenters. The molecule has 0 aliphatic heterocycles. The molecule has 0 radical (unpaired) electrons. The molecule has 1 rings (SSSR count). The lowest BCUT2D eigenvalue weighted by molar-refractivity contribution is 0.394. The second-order valence-electron chi connectivity index (χ2n) is 5.59. The minimum Gasteiger partial charge on any atom is -0.494 e. The molecule has 0 aliphatic rings. The lowest BCUT2D eigenvalue weighted by Gasteiger charge is -2.11. The van der Waals surface area contributed by atoms with Gasteiger partial charge in [-0.15, -0.1) is 0 Å². The van der Waals surface area contributed by atoms with E-state index < -0.39 is 11.2 Å². The zero-order chi connectivity index (χ0) is 16.7. The van der Waals surface area contributed by atoms with Crippen molar-refractivity contribution in [2.75, 3.05) is 27.2 Å². The largest absolute Gasteiger partial charge is 0.494 e. The number of aromatic hydroxyl groups is 1. The summed E-state index contributed by atoms with van der Waals surface area (Å²) in [4.78, 5) is 32.4. The molecule has 0 fully saturated rings. The van der Waals surface area contributed by atoms with Crippen LogP contribution in [0.15, 0.2) is 14.6 Å². The van der Waals surface area contributed by atoms with E-state index in [1.165, 1.54) is 4.57 Å². The SMILES string of the molecule is CCCCn1c(O)c(C(C)=NCCCN(C)C)c(=O)[nH]c1=O. The summed E-state index contributed by atoms with van der Waals surface area (Å²) in [6.45, 7) is 5.51. The van der Waals surface area contributed by atoms with Gasteiger partial charge in [-0.2, -0.15) is 0 Å². The lowest BCUT2D eigenvalue weighted by atomic mass is 10.2. The van der Waals surface area contributed by atoms with E-state index >= 15 is 0 Å². The molecule has 2 N–H and O–H groups in total. The van der Waals surface area contributed by atoms with E-state index in [9.17, 15) is 14.7 Å². The number of hydrogen-bond acceptors (Lipinski definition) is 5. The van der Waals surface area contributed by atoms with Crippen LogP contribution in [0.2, 0.25) is 0 Å². The molecular weight excluding hydrogens is 284 g/mol. The predicted octanol–water partition coefficient (Wildman–Crippen LogP) is 0.803. The monoisotopic (exact) mass is 310 g/mol. The molecule has 7 heteroatoms. The zero-order valence-electron chi connectivity index (χ0n) is 13.8. The minimum absolute atomic E-state index is 0.0838. The van der Waals surface area contributed by atoms with Crippen molar-refractivity contribution in [2.45, 2.75) is 39.7 Å². The van der Waals surface area contributed by atoms with Gasteiger partial charge in [0.05, 0.1) is 0 Å². The number of aromatic amines is 1. The molecule has 1 aromatic rings. The first kappa shape index (κ1) is 18.2. The minimum atomic E-state index is -0.593. The van der Waals surface area contributed by atoms with Crippen molar-refractivity contribution in [1.82, 2.24) is 14.5 Å². The topological polar surface area (TPSA) is 90.7 Å². The van der Waals surface area contributed by atoms with E-state index in [4.69, 9.17) is 0 Å². The van der Waals surface area contributed by atoms with Gasteiger partial charge in [-0.25, -0.2) is 4.79 Å². The Kier molecular flexibility index (Phi) is 7.04. The third-order valence-electron chi connectivity index (χ3n) is 3.38. The van der Waals surface area contributed by atoms with E-state index in [0.29, 0.717) is 18.8 Å². The fourth-order valence-corrected chi connectivity index (χ4v) is 2.12. The molecule has 1 heterocycles. The quantitative estimate of drug-likeness (QED) is 0.549. The number of nitrogens with one attached hydrogen (secondary N) is 1. The van der Waals surface area contributed by atoms with Gasteiger partial charge in [-0.1, -0.05) is 13.3 Å². The normalized spacial score (nSPS) is 12.1. The van der Waals surface area contributed by atoms with Crippen LogP contribution in [-0.2, 0) is 6.54 Å². The molecule has 0 saturated carbocycles. The third-order valence-corrected chi connectivity index (χ3v) is 3.38. The molecule has 0 spiro atoms. The Labute approximate surface area is 130 Å². The van der Waals surface area contributed by atoms with Crippen LogP contribution in [0.1, 0.15) is 38.7 Å². The van der Waals surface area contributed by atoms with Crippen LogP contribution in [0.3, 0.4) is 0 Å². The van der Waals surface area contributed by atoms with Crippen molar-refractivity contribution in [2.24, 2.45) is 4.99 Å². The highest BCUT2D eigenvalue weighted by Gasteiger charge is 2.16. The fourth-order valence-electron chi connectivity index (χ4n) is 2.12. The van der Waals surface area contributed by atoms with Crippen LogP contribution >= 0.6 is 0 Å². The first-order chi connectivity index (χ1) is 10.4. The molecule has 1 aromatic heterocycles. The maximum atomic E-state index is 12.0. The van der Waals surface area contributed by atoms with Crippen molar-refractivity contribution in [3.8, 4) is 5.88 Å². The second-order valence-corrected chi connectivity index (χ2v) is 5.59. The summed E-state index contributed by atoms with van der Waals surface area (Å²) in [6.07, 6.45) is 2.49. The highest BCUT2D eigenvalue weighted by molar-refractivity contribution is 6.00. The van der Waals surface area contributed by atoms with Crippen LogP contribution in [0, 0.1) is 0 Å². The summed E-state index contributed by atoms with van der Waals surface area (Å²) in [5.41, 5.74) is -0.646. The Bertz CT molecular complexity index is 629. The smallest absolute Gasteiger partial charge is 0.331 e. The number of aliphatic imine (C=N–C) groups is 1. The Morgan fingerprint density at radius 2 is 2.00 bits per heavy atom. The van der Waals surface area contributed by atoms with Crippen LogP contribution in [0.4, 0.5) is 0 Å². The molecule has 124 valence electrons. The summed E-state index contributed by atoms with van der Waals surface area (Å²) in [5, 5.41) is 10.2. The van der Waals surface area contributed by atoms with Crippen molar-refractivity contribution in [3.63, 3.8) is 0 Å². The molecule has 0 saturated heterocycles. The lowest BCUT2D eigenvalue weighted by Crippen LogP contribution is -2.33. The van der Waals surface area contributed by atoms with Gasteiger partial charge in [0.15, 0.2) is 0 Å². The molecule has 22 heavy (non-hydrogen) atoms. The average Bonchev–Trinajstić information content (AvgIpc) is 2.43. The molecule has 0 bridgehead atoms. The Balaban J connectivity index is 3.05.